The Morgan fingerprint density at radius 1 is 0.875 bits per heavy atom. The number of aromatic nitrogens is 3. The smallest absolute Gasteiger partial charge is 0.138 e. The summed E-state index contributed by atoms with van der Waals surface area (Å²) in [5.74, 6) is 0. The van der Waals surface area contributed by atoms with Crippen molar-refractivity contribution in [3.8, 4) is 0 Å². The van der Waals surface area contributed by atoms with E-state index in [1.54, 1.807) is 6.20 Å². The van der Waals surface area contributed by atoms with Gasteiger partial charge in [-0.25, -0.2) is 4.98 Å². The van der Waals surface area contributed by atoms with Gasteiger partial charge in [-0.2, -0.15) is 5.10 Å². The van der Waals surface area contributed by atoms with Crippen LogP contribution in [0.2, 0.25) is 0 Å². The van der Waals surface area contributed by atoms with E-state index in [9.17, 15) is 0 Å². The zero-order valence-corrected chi connectivity index (χ0v) is 9.07. The van der Waals surface area contributed by atoms with Crippen LogP contribution in [0.15, 0.2) is 18.7 Å². The van der Waals surface area contributed by atoms with Crippen molar-refractivity contribution in [1.29, 1.82) is 0 Å². The van der Waals surface area contributed by atoms with Crippen molar-refractivity contribution in [2.75, 3.05) is 0 Å². The first kappa shape index (κ1) is 11.8. The van der Waals surface area contributed by atoms with Crippen molar-refractivity contribution in [2.45, 2.75) is 0 Å². The number of hydrogen-bond acceptors (Lipinski definition) is 3. The van der Waals surface area contributed by atoms with E-state index in [4.69, 9.17) is 0 Å². The van der Waals surface area contributed by atoms with Crippen molar-refractivity contribution >= 4 is 59.1 Å². The van der Waals surface area contributed by atoms with Crippen molar-refractivity contribution in [3.05, 3.63) is 18.7 Å². The van der Waals surface area contributed by atoms with Crippen LogP contribution in [0.25, 0.3) is 0 Å². The molecule has 32 valence electrons. The molecule has 0 amide bonds. The third-order valence-electron chi connectivity index (χ3n) is 0.404. The Balaban J connectivity index is 0. The van der Waals surface area contributed by atoms with Crippen molar-refractivity contribution < 1.29 is 0 Å². The predicted molar refractivity (Wildman–Crippen MR) is 31.3 cm³/mol. The SMILES string of the molecule is [Na].[Na].c1cnncn1. The summed E-state index contributed by atoms with van der Waals surface area (Å²) < 4.78 is 0. The van der Waals surface area contributed by atoms with E-state index in [0.29, 0.717) is 0 Å². The summed E-state index contributed by atoms with van der Waals surface area (Å²) in [5, 5.41) is 6.90. The molecule has 1 aromatic heterocycles. The predicted octanol–water partition coefficient (Wildman–Crippen LogP) is -0.890. The first-order valence-corrected chi connectivity index (χ1v) is 1.57. The summed E-state index contributed by atoms with van der Waals surface area (Å²) in [6.45, 7) is 0. The molecule has 0 bridgehead atoms. The van der Waals surface area contributed by atoms with E-state index in [0.717, 1.165) is 0 Å². The third kappa shape index (κ3) is 5.15. The summed E-state index contributed by atoms with van der Waals surface area (Å²) in [6, 6.07) is 0. The van der Waals surface area contributed by atoms with Crippen molar-refractivity contribution in [1.82, 2.24) is 15.2 Å². The van der Waals surface area contributed by atoms with Gasteiger partial charge in [-0.3, -0.25) is 0 Å². The minimum absolute atomic E-state index is 0. The molecule has 0 aliphatic heterocycles. The summed E-state index contributed by atoms with van der Waals surface area (Å²) >= 11 is 0. The van der Waals surface area contributed by atoms with Crippen molar-refractivity contribution in [3.63, 3.8) is 0 Å². The third-order valence-corrected chi connectivity index (χ3v) is 0.404. The van der Waals surface area contributed by atoms with Crippen molar-refractivity contribution in [2.24, 2.45) is 0 Å². The van der Waals surface area contributed by atoms with Gasteiger partial charge in [0.1, 0.15) is 6.33 Å². The van der Waals surface area contributed by atoms with Gasteiger partial charge in [0.15, 0.2) is 0 Å². The molecule has 0 unspecified atom stereocenters. The molecule has 5 heteroatoms. The standard InChI is InChI=1S/C3H3N3.2Na/c1-2-5-6-3-4-1;;/h1-3H;;. The molecular weight excluding hydrogens is 124 g/mol. The Labute approximate surface area is 91.9 Å². The normalized spacial score (nSPS) is 6.00. The zero-order chi connectivity index (χ0) is 4.24. The largest absolute Gasteiger partial charge is 0.241 e. The molecule has 0 fully saturated rings. The second-order valence-corrected chi connectivity index (χ2v) is 0.794. The van der Waals surface area contributed by atoms with Crippen LogP contribution in [0.4, 0.5) is 0 Å². The second kappa shape index (κ2) is 8.01. The molecule has 8 heavy (non-hydrogen) atoms. The van der Waals surface area contributed by atoms with Gasteiger partial charge in [-0.05, 0) is 0 Å². The Kier molecular flexibility index (Phi) is 11.8. The van der Waals surface area contributed by atoms with E-state index in [1.807, 2.05) is 0 Å². The topological polar surface area (TPSA) is 38.7 Å². The van der Waals surface area contributed by atoms with Gasteiger partial charge in [0, 0.05) is 65.3 Å². The quantitative estimate of drug-likeness (QED) is 0.424. The molecule has 1 rings (SSSR count). The fourth-order valence-electron chi connectivity index (χ4n) is 0.205. The average molecular weight is 127 g/mol. The van der Waals surface area contributed by atoms with Crippen LogP contribution in [0, 0.1) is 0 Å². The van der Waals surface area contributed by atoms with Gasteiger partial charge < -0.3 is 0 Å². The Morgan fingerprint density at radius 2 is 1.62 bits per heavy atom. The number of hydrogen-bond donors (Lipinski definition) is 0. The maximum atomic E-state index is 3.61. The number of nitrogens with zero attached hydrogens (tertiary/aromatic N) is 3. The Morgan fingerprint density at radius 3 is 1.75 bits per heavy atom. The van der Waals surface area contributed by atoms with Crippen LogP contribution in [0.5, 0.6) is 0 Å². The van der Waals surface area contributed by atoms with Gasteiger partial charge in [0.25, 0.3) is 0 Å². The molecule has 0 atom stereocenters. The van der Waals surface area contributed by atoms with Gasteiger partial charge in [0.05, 0.1) is 6.20 Å². The van der Waals surface area contributed by atoms with Crippen LogP contribution in [0.3, 0.4) is 0 Å². The Bertz CT molecular complexity index is 84.5. The fourth-order valence-corrected chi connectivity index (χ4v) is 0.205. The van der Waals surface area contributed by atoms with Crippen LogP contribution < -0.4 is 0 Å². The van der Waals surface area contributed by atoms with Gasteiger partial charge in [-0.1, -0.05) is 0 Å². The maximum absolute atomic E-state index is 3.61. The molecule has 0 aliphatic rings. The zero-order valence-electron chi connectivity index (χ0n) is 5.07. The van der Waals surface area contributed by atoms with E-state index < -0.39 is 0 Å². The first-order chi connectivity index (χ1) is 3.00. The van der Waals surface area contributed by atoms with E-state index in [1.165, 1.54) is 12.5 Å². The van der Waals surface area contributed by atoms with E-state index in [2.05, 4.69) is 15.2 Å². The minimum atomic E-state index is 0. The summed E-state index contributed by atoms with van der Waals surface area (Å²) in [7, 11) is 0. The molecule has 0 spiro atoms. The summed E-state index contributed by atoms with van der Waals surface area (Å²) in [6.07, 6.45) is 4.49. The summed E-state index contributed by atoms with van der Waals surface area (Å²) in [5.41, 5.74) is 0. The Hall–Kier alpha value is 1.01. The van der Waals surface area contributed by atoms with Crippen LogP contribution in [-0.4, -0.2) is 74.3 Å². The molecule has 0 aromatic carbocycles. The molecule has 0 aliphatic carbocycles. The summed E-state index contributed by atoms with van der Waals surface area (Å²) in [4.78, 5) is 3.61. The second-order valence-electron chi connectivity index (χ2n) is 0.794. The minimum Gasteiger partial charge on any atom is -0.241 e. The van der Waals surface area contributed by atoms with Gasteiger partial charge >= 0.3 is 0 Å². The first-order valence-electron chi connectivity index (χ1n) is 1.57. The van der Waals surface area contributed by atoms with E-state index >= 15 is 0 Å². The van der Waals surface area contributed by atoms with Crippen LogP contribution in [-0.2, 0) is 0 Å². The van der Waals surface area contributed by atoms with Crippen LogP contribution >= 0.6 is 0 Å². The molecule has 0 saturated carbocycles. The molecule has 0 N–H and O–H groups in total. The monoisotopic (exact) mass is 127 g/mol. The molecule has 0 saturated heterocycles. The van der Waals surface area contributed by atoms with Gasteiger partial charge in [0.2, 0.25) is 0 Å². The van der Waals surface area contributed by atoms with E-state index in [-0.39, 0.29) is 59.1 Å². The molecule has 3 nitrogen and oxygen atoms in total. The average Bonchev–Trinajstić information content (AvgIpc) is 1.72. The molecular formula is C3H3N3Na2. The molecule has 2 radical (unpaired) electrons. The number of rotatable bonds is 0. The maximum Gasteiger partial charge on any atom is 0.138 e. The van der Waals surface area contributed by atoms with Crippen LogP contribution in [0.1, 0.15) is 0 Å². The molecule has 1 aromatic rings. The molecule has 1 heterocycles. The van der Waals surface area contributed by atoms with Gasteiger partial charge in [-0.15, -0.1) is 5.10 Å². The fraction of sp³-hybridized carbons (Fsp3) is 0.